The van der Waals surface area contributed by atoms with Crippen LogP contribution in [0.1, 0.15) is 31.7 Å². The number of hydrogen-bond donors (Lipinski definition) is 2. The van der Waals surface area contributed by atoms with E-state index in [2.05, 4.69) is 29.2 Å². The van der Waals surface area contributed by atoms with Crippen molar-refractivity contribution in [2.45, 2.75) is 38.6 Å². The molecule has 0 amide bonds. The Labute approximate surface area is 89.5 Å². The smallest absolute Gasteiger partial charge is 0.0267 e. The monoisotopic (exact) mass is 210 g/mol. The highest BCUT2D eigenvalue weighted by atomic mass is 32.1. The van der Waals surface area contributed by atoms with Crippen molar-refractivity contribution < 1.29 is 0 Å². The van der Waals surface area contributed by atoms with Crippen molar-refractivity contribution in [3.8, 4) is 0 Å². The number of thiophene rings is 1. The van der Waals surface area contributed by atoms with Crippen molar-refractivity contribution in [1.82, 2.24) is 5.43 Å². The molecule has 2 rings (SSSR count). The van der Waals surface area contributed by atoms with E-state index >= 15 is 0 Å². The topological polar surface area (TPSA) is 38.0 Å². The summed E-state index contributed by atoms with van der Waals surface area (Å²) in [5.74, 6) is 5.59. The van der Waals surface area contributed by atoms with E-state index in [-0.39, 0.29) is 0 Å². The van der Waals surface area contributed by atoms with Crippen molar-refractivity contribution in [2.75, 3.05) is 0 Å². The second-order valence-corrected chi connectivity index (χ2v) is 5.32. The molecular weight excluding hydrogens is 192 g/mol. The summed E-state index contributed by atoms with van der Waals surface area (Å²) in [6, 6.07) is 2.69. The lowest BCUT2D eigenvalue weighted by Gasteiger charge is -2.22. The van der Waals surface area contributed by atoms with E-state index in [0.29, 0.717) is 11.5 Å². The molecule has 1 aromatic heterocycles. The minimum absolute atomic E-state index is 0.477. The summed E-state index contributed by atoms with van der Waals surface area (Å²) in [6.07, 6.45) is 4.95. The molecule has 1 aliphatic carbocycles. The second kappa shape index (κ2) is 4.01. The normalized spacial score (nSPS) is 20.7. The van der Waals surface area contributed by atoms with Crippen LogP contribution in [0.2, 0.25) is 0 Å². The summed E-state index contributed by atoms with van der Waals surface area (Å²) in [5, 5.41) is 4.36. The Bertz CT molecular complexity index is 277. The van der Waals surface area contributed by atoms with Crippen LogP contribution in [-0.4, -0.2) is 6.04 Å². The van der Waals surface area contributed by atoms with Gasteiger partial charge in [-0.1, -0.05) is 6.92 Å². The summed E-state index contributed by atoms with van der Waals surface area (Å²) in [6.45, 7) is 2.32. The van der Waals surface area contributed by atoms with Gasteiger partial charge in [0.05, 0.1) is 0 Å². The molecule has 1 heterocycles. The maximum absolute atomic E-state index is 5.59. The second-order valence-electron chi connectivity index (χ2n) is 4.54. The van der Waals surface area contributed by atoms with Crippen LogP contribution in [0.25, 0.3) is 0 Å². The van der Waals surface area contributed by atoms with Crippen LogP contribution in [0.5, 0.6) is 0 Å². The van der Waals surface area contributed by atoms with Gasteiger partial charge in [-0.3, -0.25) is 11.3 Å². The highest BCUT2D eigenvalue weighted by Crippen LogP contribution is 2.49. The predicted molar refractivity (Wildman–Crippen MR) is 61.1 cm³/mol. The molecule has 0 saturated heterocycles. The third kappa shape index (κ3) is 2.16. The fourth-order valence-corrected chi connectivity index (χ4v) is 2.63. The summed E-state index contributed by atoms with van der Waals surface area (Å²) in [7, 11) is 0. The maximum atomic E-state index is 5.59. The largest absolute Gasteiger partial charge is 0.271 e. The molecule has 0 radical (unpaired) electrons. The van der Waals surface area contributed by atoms with Crippen LogP contribution in [0, 0.1) is 5.41 Å². The van der Waals surface area contributed by atoms with Gasteiger partial charge in [0.2, 0.25) is 0 Å². The Morgan fingerprint density at radius 3 is 2.93 bits per heavy atom. The van der Waals surface area contributed by atoms with Crippen molar-refractivity contribution in [3.63, 3.8) is 0 Å². The summed E-state index contributed by atoms with van der Waals surface area (Å²) < 4.78 is 0. The molecule has 0 aliphatic heterocycles. The summed E-state index contributed by atoms with van der Waals surface area (Å²) in [5.41, 5.74) is 4.89. The van der Waals surface area contributed by atoms with Crippen molar-refractivity contribution in [2.24, 2.45) is 11.3 Å². The van der Waals surface area contributed by atoms with E-state index in [1.54, 1.807) is 11.3 Å². The van der Waals surface area contributed by atoms with Crippen LogP contribution in [0.4, 0.5) is 0 Å². The fraction of sp³-hybridized carbons (Fsp3) is 0.636. The van der Waals surface area contributed by atoms with Crippen LogP contribution in [0.15, 0.2) is 16.8 Å². The third-order valence-corrected chi connectivity index (χ3v) is 4.11. The Kier molecular flexibility index (Phi) is 2.91. The Morgan fingerprint density at radius 1 is 1.64 bits per heavy atom. The molecule has 0 bridgehead atoms. The molecule has 3 heteroatoms. The average molecular weight is 210 g/mol. The van der Waals surface area contributed by atoms with Crippen molar-refractivity contribution in [3.05, 3.63) is 22.4 Å². The molecule has 14 heavy (non-hydrogen) atoms. The average Bonchev–Trinajstić information content (AvgIpc) is 2.73. The predicted octanol–water partition coefficient (Wildman–Crippen LogP) is 2.31. The zero-order valence-electron chi connectivity index (χ0n) is 8.62. The van der Waals surface area contributed by atoms with Gasteiger partial charge in [0.25, 0.3) is 0 Å². The van der Waals surface area contributed by atoms with Gasteiger partial charge in [-0.15, -0.1) is 0 Å². The molecule has 0 aromatic carbocycles. The summed E-state index contributed by atoms with van der Waals surface area (Å²) >= 11 is 1.77. The van der Waals surface area contributed by atoms with Gasteiger partial charge < -0.3 is 0 Å². The Balaban J connectivity index is 1.84. The number of nitrogens with two attached hydrogens (primary N) is 1. The van der Waals surface area contributed by atoms with Crippen LogP contribution < -0.4 is 11.3 Å². The molecule has 1 atom stereocenters. The van der Waals surface area contributed by atoms with E-state index in [4.69, 9.17) is 5.84 Å². The molecule has 2 nitrogen and oxygen atoms in total. The molecule has 3 N–H and O–H groups in total. The van der Waals surface area contributed by atoms with E-state index in [0.717, 1.165) is 12.8 Å². The van der Waals surface area contributed by atoms with E-state index in [1.807, 2.05) is 0 Å². The van der Waals surface area contributed by atoms with Crippen molar-refractivity contribution in [1.29, 1.82) is 0 Å². The number of aryl methyl sites for hydroxylation is 1. The molecule has 1 aliphatic rings. The number of rotatable bonds is 5. The first-order valence-corrected chi connectivity index (χ1v) is 6.16. The lowest BCUT2D eigenvalue weighted by molar-refractivity contribution is 0.342. The van der Waals surface area contributed by atoms with E-state index < -0.39 is 0 Å². The first-order chi connectivity index (χ1) is 6.74. The SMILES string of the molecule is CC1(C(CCc2ccsc2)NN)CC1. The molecule has 1 fully saturated rings. The molecule has 0 spiro atoms. The molecule has 1 unspecified atom stereocenters. The highest BCUT2D eigenvalue weighted by molar-refractivity contribution is 7.07. The quantitative estimate of drug-likeness (QED) is 0.578. The minimum Gasteiger partial charge on any atom is -0.271 e. The van der Waals surface area contributed by atoms with Gasteiger partial charge in [-0.2, -0.15) is 11.3 Å². The first kappa shape index (κ1) is 10.1. The maximum Gasteiger partial charge on any atom is 0.0267 e. The van der Waals surface area contributed by atoms with E-state index in [1.165, 1.54) is 18.4 Å². The van der Waals surface area contributed by atoms with Crippen LogP contribution in [0.3, 0.4) is 0 Å². The van der Waals surface area contributed by atoms with Crippen molar-refractivity contribution >= 4 is 11.3 Å². The van der Waals surface area contributed by atoms with Gasteiger partial charge >= 0.3 is 0 Å². The first-order valence-electron chi connectivity index (χ1n) is 5.22. The number of hydrazine groups is 1. The minimum atomic E-state index is 0.477. The van der Waals surface area contributed by atoms with Gasteiger partial charge in [-0.25, -0.2) is 0 Å². The standard InChI is InChI=1S/C11H18N2S/c1-11(5-6-11)10(13-12)3-2-9-4-7-14-8-9/h4,7-8,10,13H,2-3,5-6,12H2,1H3. The zero-order valence-corrected chi connectivity index (χ0v) is 9.44. The number of hydrogen-bond acceptors (Lipinski definition) is 3. The fourth-order valence-electron chi connectivity index (χ4n) is 1.92. The third-order valence-electron chi connectivity index (χ3n) is 3.38. The Morgan fingerprint density at radius 2 is 2.43 bits per heavy atom. The molecule has 1 aromatic rings. The van der Waals surface area contributed by atoms with Crippen LogP contribution in [-0.2, 0) is 6.42 Å². The molecular formula is C11H18N2S. The lowest BCUT2D eigenvalue weighted by Crippen LogP contribution is -2.41. The van der Waals surface area contributed by atoms with Gasteiger partial charge in [0.15, 0.2) is 0 Å². The zero-order chi connectivity index (χ0) is 10.0. The van der Waals surface area contributed by atoms with Gasteiger partial charge in [-0.05, 0) is 53.5 Å². The lowest BCUT2D eigenvalue weighted by atomic mass is 9.94. The van der Waals surface area contributed by atoms with Crippen LogP contribution >= 0.6 is 11.3 Å². The molecule has 78 valence electrons. The number of nitrogens with one attached hydrogen (secondary N) is 1. The van der Waals surface area contributed by atoms with E-state index in [9.17, 15) is 0 Å². The van der Waals surface area contributed by atoms with Gasteiger partial charge in [0.1, 0.15) is 0 Å². The Hall–Kier alpha value is -0.380. The highest BCUT2D eigenvalue weighted by Gasteiger charge is 2.43. The molecule has 1 saturated carbocycles. The summed E-state index contributed by atoms with van der Waals surface area (Å²) in [4.78, 5) is 0. The van der Waals surface area contributed by atoms with Gasteiger partial charge in [0, 0.05) is 6.04 Å².